The van der Waals surface area contributed by atoms with Gasteiger partial charge < -0.3 is 9.47 Å². The smallest absolute Gasteiger partial charge is 0.146 e. The van der Waals surface area contributed by atoms with Gasteiger partial charge >= 0.3 is 0 Å². The average Bonchev–Trinajstić information content (AvgIpc) is 2.09. The maximum atomic E-state index is 5.18. The van der Waals surface area contributed by atoms with Gasteiger partial charge in [0, 0.05) is 10.7 Å². The molecule has 1 rings (SSSR count). The van der Waals surface area contributed by atoms with Crippen molar-refractivity contribution in [2.45, 2.75) is 6.61 Å². The lowest BCUT2D eigenvalue weighted by atomic mass is 10.2. The predicted molar refractivity (Wildman–Crippen MR) is 55.8 cm³/mol. The molecule has 1 aromatic rings. The second kappa shape index (κ2) is 5.50. The summed E-state index contributed by atoms with van der Waals surface area (Å²) in [6.45, 7) is 0.969. The fourth-order valence-electron chi connectivity index (χ4n) is 0.823. The van der Waals surface area contributed by atoms with Gasteiger partial charge in [-0.2, -0.15) is 0 Å². The Balaban J connectivity index is 2.37. The van der Waals surface area contributed by atoms with Gasteiger partial charge in [-0.1, -0.05) is 12.1 Å². The zero-order chi connectivity index (χ0) is 8.81. The van der Waals surface area contributed by atoms with Gasteiger partial charge in [0.25, 0.3) is 0 Å². The minimum atomic E-state index is 0.353. The normalized spacial score (nSPS) is 10.2. The van der Waals surface area contributed by atoms with Crippen molar-refractivity contribution >= 4 is 22.6 Å². The van der Waals surface area contributed by atoms with Gasteiger partial charge in [-0.15, -0.1) is 0 Å². The van der Waals surface area contributed by atoms with E-state index < -0.39 is 0 Å². The number of benzene rings is 1. The molecule has 66 valence electrons. The van der Waals surface area contributed by atoms with Crippen molar-refractivity contribution in [1.29, 1.82) is 0 Å². The monoisotopic (exact) mass is 278 g/mol. The first kappa shape index (κ1) is 9.95. The molecule has 0 saturated carbocycles. The minimum Gasteiger partial charge on any atom is -0.359 e. The largest absolute Gasteiger partial charge is 0.359 e. The lowest BCUT2D eigenvalue weighted by Gasteiger charge is -2.02. The number of methoxy groups -OCH3 is 1. The highest BCUT2D eigenvalue weighted by Gasteiger charge is 1.91. The van der Waals surface area contributed by atoms with E-state index in [2.05, 4.69) is 46.9 Å². The Morgan fingerprint density at radius 1 is 1.25 bits per heavy atom. The van der Waals surface area contributed by atoms with E-state index in [4.69, 9.17) is 9.47 Å². The highest BCUT2D eigenvalue weighted by molar-refractivity contribution is 14.1. The Bertz CT molecular complexity index is 220. The summed E-state index contributed by atoms with van der Waals surface area (Å²) in [5.41, 5.74) is 1.17. The van der Waals surface area contributed by atoms with Crippen LogP contribution in [-0.4, -0.2) is 13.9 Å². The maximum Gasteiger partial charge on any atom is 0.146 e. The molecule has 2 nitrogen and oxygen atoms in total. The molecule has 12 heavy (non-hydrogen) atoms. The van der Waals surface area contributed by atoms with Crippen molar-refractivity contribution < 1.29 is 9.47 Å². The Labute approximate surface area is 86.0 Å². The van der Waals surface area contributed by atoms with Crippen LogP contribution in [0.15, 0.2) is 24.3 Å². The fourth-order valence-corrected chi connectivity index (χ4v) is 1.18. The SMILES string of the molecule is COCOCc1ccc(I)cc1. The van der Waals surface area contributed by atoms with E-state index in [1.807, 2.05) is 0 Å². The molecule has 0 atom stereocenters. The zero-order valence-corrected chi connectivity index (χ0v) is 9.08. The molecule has 0 fully saturated rings. The van der Waals surface area contributed by atoms with Gasteiger partial charge in [0.05, 0.1) is 6.61 Å². The van der Waals surface area contributed by atoms with Gasteiger partial charge in [-0.3, -0.25) is 0 Å². The predicted octanol–water partition coefficient (Wildman–Crippen LogP) is 2.41. The van der Waals surface area contributed by atoms with Crippen LogP contribution in [0.25, 0.3) is 0 Å². The van der Waals surface area contributed by atoms with E-state index in [1.165, 1.54) is 9.13 Å². The van der Waals surface area contributed by atoms with Crippen LogP contribution in [-0.2, 0) is 16.1 Å². The second-order valence-corrected chi connectivity index (χ2v) is 3.63. The molecule has 0 aliphatic carbocycles. The number of hydrogen-bond donors (Lipinski definition) is 0. The Morgan fingerprint density at radius 3 is 2.50 bits per heavy atom. The van der Waals surface area contributed by atoms with Crippen LogP contribution in [0, 0.1) is 3.57 Å². The van der Waals surface area contributed by atoms with Crippen molar-refractivity contribution in [1.82, 2.24) is 0 Å². The molecule has 0 N–H and O–H groups in total. The molecule has 0 spiro atoms. The molecule has 0 aromatic heterocycles. The van der Waals surface area contributed by atoms with E-state index in [0.717, 1.165) is 0 Å². The quantitative estimate of drug-likeness (QED) is 0.478. The van der Waals surface area contributed by atoms with Crippen LogP contribution >= 0.6 is 22.6 Å². The lowest BCUT2D eigenvalue weighted by Crippen LogP contribution is -1.96. The molecule has 0 bridgehead atoms. The first-order chi connectivity index (χ1) is 5.83. The molecule has 0 amide bonds. The number of hydrogen-bond acceptors (Lipinski definition) is 2. The number of rotatable bonds is 4. The summed E-state index contributed by atoms with van der Waals surface area (Å²) < 4.78 is 11.2. The summed E-state index contributed by atoms with van der Waals surface area (Å²) in [6, 6.07) is 8.23. The third-order valence-electron chi connectivity index (χ3n) is 1.38. The molecule has 0 radical (unpaired) electrons. The average molecular weight is 278 g/mol. The van der Waals surface area contributed by atoms with Gasteiger partial charge in [-0.25, -0.2) is 0 Å². The highest BCUT2D eigenvalue weighted by atomic mass is 127. The van der Waals surface area contributed by atoms with E-state index in [9.17, 15) is 0 Å². The van der Waals surface area contributed by atoms with E-state index >= 15 is 0 Å². The second-order valence-electron chi connectivity index (χ2n) is 2.38. The van der Waals surface area contributed by atoms with Crippen molar-refractivity contribution in [2.24, 2.45) is 0 Å². The maximum absolute atomic E-state index is 5.18. The summed E-state index contributed by atoms with van der Waals surface area (Å²) in [7, 11) is 1.62. The summed E-state index contributed by atoms with van der Waals surface area (Å²) >= 11 is 2.28. The van der Waals surface area contributed by atoms with Gasteiger partial charge in [0.15, 0.2) is 0 Å². The Hall–Kier alpha value is -0.130. The van der Waals surface area contributed by atoms with Crippen LogP contribution in [0.4, 0.5) is 0 Å². The molecule has 1 aromatic carbocycles. The van der Waals surface area contributed by atoms with E-state index in [0.29, 0.717) is 13.4 Å². The van der Waals surface area contributed by atoms with Crippen LogP contribution < -0.4 is 0 Å². The van der Waals surface area contributed by atoms with Gasteiger partial charge in [0.1, 0.15) is 6.79 Å². The summed E-state index contributed by atoms with van der Waals surface area (Å²) in [4.78, 5) is 0. The van der Waals surface area contributed by atoms with Crippen molar-refractivity contribution in [3.8, 4) is 0 Å². The molecular weight excluding hydrogens is 267 g/mol. The van der Waals surface area contributed by atoms with Crippen molar-refractivity contribution in [2.75, 3.05) is 13.9 Å². The molecule has 3 heteroatoms. The molecule has 0 heterocycles. The molecule has 0 unspecified atom stereocenters. The number of halogens is 1. The lowest BCUT2D eigenvalue weighted by molar-refractivity contribution is -0.0390. The third-order valence-corrected chi connectivity index (χ3v) is 2.10. The first-order valence-electron chi connectivity index (χ1n) is 3.64. The first-order valence-corrected chi connectivity index (χ1v) is 4.72. The van der Waals surface area contributed by atoms with Crippen LogP contribution in [0.1, 0.15) is 5.56 Å². The van der Waals surface area contributed by atoms with Crippen LogP contribution in [0.3, 0.4) is 0 Å². The van der Waals surface area contributed by atoms with E-state index in [-0.39, 0.29) is 0 Å². The summed E-state index contributed by atoms with van der Waals surface area (Å²) in [5, 5.41) is 0. The zero-order valence-electron chi connectivity index (χ0n) is 6.92. The minimum absolute atomic E-state index is 0.353. The summed E-state index contributed by atoms with van der Waals surface area (Å²) in [5.74, 6) is 0. The number of ether oxygens (including phenoxy) is 2. The van der Waals surface area contributed by atoms with Gasteiger partial charge in [-0.05, 0) is 40.3 Å². The Morgan fingerprint density at radius 2 is 1.92 bits per heavy atom. The standard InChI is InChI=1S/C9H11IO2/c1-11-7-12-6-8-2-4-9(10)5-3-8/h2-5H,6-7H2,1H3. The Kier molecular flexibility index (Phi) is 4.57. The van der Waals surface area contributed by atoms with Crippen LogP contribution in [0.2, 0.25) is 0 Å². The van der Waals surface area contributed by atoms with Gasteiger partial charge in [0.2, 0.25) is 0 Å². The topological polar surface area (TPSA) is 18.5 Å². The molecule has 0 aliphatic heterocycles. The third kappa shape index (κ3) is 3.51. The fraction of sp³-hybridized carbons (Fsp3) is 0.333. The highest BCUT2D eigenvalue weighted by Crippen LogP contribution is 2.07. The summed E-state index contributed by atoms with van der Waals surface area (Å²) in [6.07, 6.45) is 0. The molecular formula is C9H11IO2. The van der Waals surface area contributed by atoms with Crippen LogP contribution in [0.5, 0.6) is 0 Å². The molecule has 0 saturated heterocycles. The van der Waals surface area contributed by atoms with Crippen molar-refractivity contribution in [3.63, 3.8) is 0 Å². The molecule has 0 aliphatic rings. The van der Waals surface area contributed by atoms with E-state index in [1.54, 1.807) is 7.11 Å². The van der Waals surface area contributed by atoms with Crippen molar-refractivity contribution in [3.05, 3.63) is 33.4 Å².